The first-order chi connectivity index (χ1) is 11.1. The maximum atomic E-state index is 12.2. The minimum absolute atomic E-state index is 0.0498. The molecule has 4 heteroatoms. The van der Waals surface area contributed by atoms with E-state index in [0.29, 0.717) is 18.1 Å². The van der Waals surface area contributed by atoms with Crippen molar-refractivity contribution in [2.45, 2.75) is 32.6 Å². The lowest BCUT2D eigenvalue weighted by molar-refractivity contribution is 0.0125. The van der Waals surface area contributed by atoms with Crippen LogP contribution >= 0.6 is 0 Å². The van der Waals surface area contributed by atoms with Gasteiger partial charge in [0.15, 0.2) is 0 Å². The Balaban J connectivity index is 2.10. The van der Waals surface area contributed by atoms with Gasteiger partial charge in [-0.05, 0) is 48.4 Å². The van der Waals surface area contributed by atoms with Crippen molar-refractivity contribution in [2.75, 3.05) is 19.8 Å². The number of benzene rings is 1. The van der Waals surface area contributed by atoms with Crippen molar-refractivity contribution in [3.05, 3.63) is 41.6 Å². The third kappa shape index (κ3) is 2.83. The molecule has 4 nitrogen and oxygen atoms in total. The van der Waals surface area contributed by atoms with E-state index in [4.69, 9.17) is 9.47 Å². The highest BCUT2D eigenvalue weighted by Crippen LogP contribution is 2.39. The lowest BCUT2D eigenvalue weighted by Crippen LogP contribution is -2.38. The van der Waals surface area contributed by atoms with E-state index in [0.717, 1.165) is 30.5 Å². The van der Waals surface area contributed by atoms with Gasteiger partial charge in [0.2, 0.25) is 0 Å². The maximum absolute atomic E-state index is 12.2. The lowest BCUT2D eigenvalue weighted by Gasteiger charge is -2.40. The predicted molar refractivity (Wildman–Crippen MR) is 89.7 cm³/mol. The van der Waals surface area contributed by atoms with Crippen LogP contribution in [-0.4, -0.2) is 30.8 Å². The van der Waals surface area contributed by atoms with Crippen LogP contribution < -0.4 is 0 Å². The molecular weight excluding hydrogens is 290 g/mol. The second kappa shape index (κ2) is 6.28. The quantitative estimate of drug-likeness (QED) is 0.810. The zero-order valence-corrected chi connectivity index (χ0v) is 14.0. The molecule has 0 bridgehead atoms. The summed E-state index contributed by atoms with van der Waals surface area (Å²) in [5.74, 6) is 0.138. The minimum atomic E-state index is -0.290. The van der Waals surface area contributed by atoms with Crippen molar-refractivity contribution in [2.24, 2.45) is 5.92 Å². The number of aromatic nitrogens is 1. The molecule has 1 saturated heterocycles. The number of nitrogens with zero attached hydrogens (tertiary/aromatic N) is 1. The molecule has 0 N–H and O–H groups in total. The second-order valence-corrected chi connectivity index (χ2v) is 6.45. The molecule has 1 fully saturated rings. The van der Waals surface area contributed by atoms with Crippen LogP contribution in [0.5, 0.6) is 0 Å². The van der Waals surface area contributed by atoms with Gasteiger partial charge in [-0.25, -0.2) is 4.79 Å². The fourth-order valence-electron chi connectivity index (χ4n) is 3.29. The summed E-state index contributed by atoms with van der Waals surface area (Å²) in [6.07, 6.45) is 2.64. The van der Waals surface area contributed by atoms with E-state index < -0.39 is 0 Å². The minimum Gasteiger partial charge on any atom is -0.462 e. The summed E-state index contributed by atoms with van der Waals surface area (Å²) in [6, 6.07) is 7.98. The Morgan fingerprint density at radius 2 is 2.26 bits per heavy atom. The number of hydrogen-bond acceptors (Lipinski definition) is 4. The lowest BCUT2D eigenvalue weighted by atomic mass is 9.69. The molecule has 1 aromatic carbocycles. The first-order valence-electron chi connectivity index (χ1n) is 8.20. The summed E-state index contributed by atoms with van der Waals surface area (Å²) in [6.45, 7) is 8.23. The topological polar surface area (TPSA) is 48.4 Å². The molecule has 0 aliphatic carbocycles. The molecule has 1 unspecified atom stereocenters. The van der Waals surface area contributed by atoms with Crippen molar-refractivity contribution >= 4 is 16.9 Å². The van der Waals surface area contributed by atoms with Gasteiger partial charge in [0.1, 0.15) is 0 Å². The smallest absolute Gasteiger partial charge is 0.338 e. The molecule has 122 valence electrons. The monoisotopic (exact) mass is 313 g/mol. The average molecular weight is 313 g/mol. The Hall–Kier alpha value is -1.94. The van der Waals surface area contributed by atoms with E-state index in [1.165, 1.54) is 5.56 Å². The van der Waals surface area contributed by atoms with Gasteiger partial charge < -0.3 is 9.47 Å². The van der Waals surface area contributed by atoms with Gasteiger partial charge >= 0.3 is 5.97 Å². The fourth-order valence-corrected chi connectivity index (χ4v) is 3.29. The molecule has 1 aliphatic rings. The van der Waals surface area contributed by atoms with Crippen molar-refractivity contribution < 1.29 is 14.3 Å². The molecule has 1 aromatic heterocycles. The van der Waals surface area contributed by atoms with E-state index in [9.17, 15) is 4.79 Å². The highest BCUT2D eigenvalue weighted by molar-refractivity contribution is 6.03. The Labute approximate surface area is 136 Å². The standard InChI is InChI=1S/C19H23NO3/c1-4-23-18(21)15-7-9-20-17-6-5-14(11-16(15)17)19(3)8-10-22-12-13(19)2/h5-7,9,11,13H,4,8,10,12H2,1-3H3/t13?,19-/m1/s1. The van der Waals surface area contributed by atoms with Gasteiger partial charge in [0.05, 0.1) is 17.7 Å². The van der Waals surface area contributed by atoms with Crippen LogP contribution in [0.2, 0.25) is 0 Å². The summed E-state index contributed by atoms with van der Waals surface area (Å²) in [7, 11) is 0. The second-order valence-electron chi connectivity index (χ2n) is 6.45. The molecule has 0 amide bonds. The fraction of sp³-hybridized carbons (Fsp3) is 0.474. The SMILES string of the molecule is CCOC(=O)c1ccnc2ccc([C@]3(C)CCOCC3C)cc12. The van der Waals surface area contributed by atoms with Gasteiger partial charge in [0.25, 0.3) is 0 Å². The predicted octanol–water partition coefficient (Wildman–Crippen LogP) is 3.73. The summed E-state index contributed by atoms with van der Waals surface area (Å²) < 4.78 is 10.8. The Morgan fingerprint density at radius 3 is 3.00 bits per heavy atom. The van der Waals surface area contributed by atoms with Gasteiger partial charge in [-0.1, -0.05) is 19.9 Å². The van der Waals surface area contributed by atoms with E-state index in [-0.39, 0.29) is 11.4 Å². The molecule has 0 spiro atoms. The van der Waals surface area contributed by atoms with Crippen molar-refractivity contribution in [1.82, 2.24) is 4.98 Å². The molecule has 0 saturated carbocycles. The Kier molecular flexibility index (Phi) is 4.35. The zero-order chi connectivity index (χ0) is 16.4. The van der Waals surface area contributed by atoms with Crippen LogP contribution in [0.25, 0.3) is 10.9 Å². The molecular formula is C19H23NO3. The summed E-state index contributed by atoms with van der Waals surface area (Å²) in [5.41, 5.74) is 2.69. The highest BCUT2D eigenvalue weighted by Gasteiger charge is 2.36. The summed E-state index contributed by atoms with van der Waals surface area (Å²) in [5, 5.41) is 0.864. The Morgan fingerprint density at radius 1 is 1.43 bits per heavy atom. The third-order valence-corrected chi connectivity index (χ3v) is 5.12. The summed E-state index contributed by atoms with van der Waals surface area (Å²) in [4.78, 5) is 16.6. The van der Waals surface area contributed by atoms with Crippen LogP contribution in [-0.2, 0) is 14.9 Å². The van der Waals surface area contributed by atoms with Crippen molar-refractivity contribution in [3.63, 3.8) is 0 Å². The van der Waals surface area contributed by atoms with Gasteiger partial charge in [-0.2, -0.15) is 0 Å². The number of hydrogen-bond donors (Lipinski definition) is 0. The van der Waals surface area contributed by atoms with Crippen molar-refractivity contribution in [1.29, 1.82) is 0 Å². The summed E-state index contributed by atoms with van der Waals surface area (Å²) >= 11 is 0. The highest BCUT2D eigenvalue weighted by atomic mass is 16.5. The molecule has 3 rings (SSSR count). The number of fused-ring (bicyclic) bond motifs is 1. The number of rotatable bonds is 3. The van der Waals surface area contributed by atoms with Crippen LogP contribution in [0.4, 0.5) is 0 Å². The number of pyridine rings is 1. The van der Waals surface area contributed by atoms with Crippen LogP contribution in [0.15, 0.2) is 30.5 Å². The molecule has 2 heterocycles. The van der Waals surface area contributed by atoms with E-state index >= 15 is 0 Å². The zero-order valence-electron chi connectivity index (χ0n) is 14.0. The van der Waals surface area contributed by atoms with Crippen LogP contribution in [0.1, 0.15) is 43.1 Å². The van der Waals surface area contributed by atoms with E-state index in [2.05, 4.69) is 31.0 Å². The molecule has 1 aliphatic heterocycles. The third-order valence-electron chi connectivity index (χ3n) is 5.12. The number of ether oxygens (including phenoxy) is 2. The largest absolute Gasteiger partial charge is 0.462 e. The van der Waals surface area contributed by atoms with Gasteiger partial charge in [0, 0.05) is 24.8 Å². The number of esters is 1. The number of carbonyl (C=O) groups excluding carboxylic acids is 1. The molecule has 23 heavy (non-hydrogen) atoms. The van der Waals surface area contributed by atoms with Gasteiger partial charge in [-0.15, -0.1) is 0 Å². The van der Waals surface area contributed by atoms with Gasteiger partial charge in [-0.3, -0.25) is 4.98 Å². The molecule has 0 radical (unpaired) electrons. The Bertz CT molecular complexity index is 728. The van der Waals surface area contributed by atoms with E-state index in [1.807, 2.05) is 13.0 Å². The first-order valence-corrected chi connectivity index (χ1v) is 8.20. The first kappa shape index (κ1) is 15.9. The molecule has 2 aromatic rings. The normalized spacial score (nSPS) is 24.6. The van der Waals surface area contributed by atoms with Crippen molar-refractivity contribution in [3.8, 4) is 0 Å². The maximum Gasteiger partial charge on any atom is 0.338 e. The average Bonchev–Trinajstić information content (AvgIpc) is 2.56. The van der Waals surface area contributed by atoms with Crippen LogP contribution in [0, 0.1) is 5.92 Å². The number of carbonyl (C=O) groups is 1. The molecule has 2 atom stereocenters. The van der Waals surface area contributed by atoms with Crippen LogP contribution in [0.3, 0.4) is 0 Å². The van der Waals surface area contributed by atoms with E-state index in [1.54, 1.807) is 12.3 Å².